The largest absolute Gasteiger partial charge is 0.393 e. The number of anilines is 6. The molecular formula is C28H28FN5O2. The molecule has 3 aromatic carbocycles. The van der Waals surface area contributed by atoms with Crippen molar-refractivity contribution >= 4 is 40.0 Å². The minimum atomic E-state index is -0.465. The number of carbonyl (C=O) groups excluding carboxylic acids is 1. The van der Waals surface area contributed by atoms with Crippen LogP contribution in [0.2, 0.25) is 0 Å². The zero-order valence-corrected chi connectivity index (χ0v) is 19.7. The second kappa shape index (κ2) is 10.5. The maximum Gasteiger partial charge on any atom is 0.257 e. The second-order valence-corrected chi connectivity index (χ2v) is 8.84. The van der Waals surface area contributed by atoms with Crippen molar-refractivity contribution in [3.63, 3.8) is 0 Å². The molecule has 7 nitrogen and oxygen atoms in total. The molecule has 0 spiro atoms. The third-order valence-corrected chi connectivity index (χ3v) is 6.24. The van der Waals surface area contributed by atoms with E-state index in [1.165, 1.54) is 6.07 Å². The molecule has 0 atom stereocenters. The summed E-state index contributed by atoms with van der Waals surface area (Å²) in [6.45, 7) is 1.74. The van der Waals surface area contributed by atoms with Crippen LogP contribution >= 0.6 is 0 Å². The highest BCUT2D eigenvalue weighted by Gasteiger charge is 2.17. The quantitative estimate of drug-likeness (QED) is 0.226. The van der Waals surface area contributed by atoms with E-state index in [9.17, 15) is 14.3 Å². The molecule has 5 N–H and O–H groups in total. The highest BCUT2D eigenvalue weighted by Crippen LogP contribution is 2.27. The van der Waals surface area contributed by atoms with E-state index in [1.807, 2.05) is 36.4 Å². The first-order valence-corrected chi connectivity index (χ1v) is 11.9. The minimum Gasteiger partial charge on any atom is -0.393 e. The maximum atomic E-state index is 14.6. The van der Waals surface area contributed by atoms with Crippen LogP contribution in [0.15, 0.2) is 85.2 Å². The van der Waals surface area contributed by atoms with Gasteiger partial charge in [-0.1, -0.05) is 0 Å². The maximum absolute atomic E-state index is 14.6. The van der Waals surface area contributed by atoms with Crippen LogP contribution in [0.3, 0.4) is 0 Å². The molecule has 8 heteroatoms. The van der Waals surface area contributed by atoms with Gasteiger partial charge in [0.05, 0.1) is 17.4 Å². The van der Waals surface area contributed by atoms with Crippen LogP contribution in [0.1, 0.15) is 23.2 Å². The fraction of sp³-hybridized carbons (Fsp3) is 0.179. The number of halogens is 1. The summed E-state index contributed by atoms with van der Waals surface area (Å²) < 4.78 is 14.6. The van der Waals surface area contributed by atoms with Gasteiger partial charge in [0.15, 0.2) is 0 Å². The molecule has 0 bridgehead atoms. The number of hydrogen-bond acceptors (Lipinski definition) is 5. The van der Waals surface area contributed by atoms with Crippen LogP contribution in [0.4, 0.5) is 38.5 Å². The van der Waals surface area contributed by atoms with Gasteiger partial charge in [0.1, 0.15) is 5.82 Å². The Bertz CT molecular complexity index is 1300. The molecule has 1 saturated heterocycles. The fourth-order valence-corrected chi connectivity index (χ4v) is 4.20. The van der Waals surface area contributed by atoms with Gasteiger partial charge in [-0.05, 0) is 85.6 Å². The van der Waals surface area contributed by atoms with E-state index in [1.54, 1.807) is 30.6 Å². The molecule has 36 heavy (non-hydrogen) atoms. The average Bonchev–Trinajstić information content (AvgIpc) is 3.43. The summed E-state index contributed by atoms with van der Waals surface area (Å²) in [7, 11) is 0. The Morgan fingerprint density at radius 1 is 0.861 bits per heavy atom. The summed E-state index contributed by atoms with van der Waals surface area (Å²) in [5.74, 6) is -0.771. The lowest BCUT2D eigenvalue weighted by atomic mass is 10.1. The van der Waals surface area contributed by atoms with Gasteiger partial charge in [-0.2, -0.15) is 0 Å². The number of carbonyl (C=O) groups is 1. The summed E-state index contributed by atoms with van der Waals surface area (Å²) in [5, 5.41) is 18.8. The van der Waals surface area contributed by atoms with Crippen LogP contribution in [-0.4, -0.2) is 35.2 Å². The summed E-state index contributed by atoms with van der Waals surface area (Å²) >= 11 is 0. The third kappa shape index (κ3) is 5.67. The highest BCUT2D eigenvalue weighted by atomic mass is 19.1. The van der Waals surface area contributed by atoms with Gasteiger partial charge in [-0.25, -0.2) is 4.39 Å². The molecule has 1 amide bonds. The molecule has 0 aliphatic carbocycles. The summed E-state index contributed by atoms with van der Waals surface area (Å²) in [6, 6.07) is 22.0. The fourth-order valence-electron chi connectivity index (χ4n) is 4.20. The number of aliphatic hydroxyl groups is 1. The Morgan fingerprint density at radius 3 is 2.08 bits per heavy atom. The Hall–Kier alpha value is -4.30. The van der Waals surface area contributed by atoms with Gasteiger partial charge >= 0.3 is 0 Å². The number of aliphatic hydroxyl groups excluding tert-OH is 1. The van der Waals surface area contributed by atoms with E-state index in [0.717, 1.165) is 48.7 Å². The lowest BCUT2D eigenvalue weighted by molar-refractivity contribution is 0.102. The monoisotopic (exact) mass is 485 g/mol. The van der Waals surface area contributed by atoms with Crippen molar-refractivity contribution in [2.75, 3.05) is 33.9 Å². The van der Waals surface area contributed by atoms with Gasteiger partial charge in [-0.15, -0.1) is 0 Å². The lowest BCUT2D eigenvalue weighted by Crippen LogP contribution is -2.35. The molecule has 0 radical (unpaired) electrons. The van der Waals surface area contributed by atoms with Crippen LogP contribution in [-0.2, 0) is 0 Å². The number of nitrogens with zero attached hydrogens (tertiary/aromatic N) is 1. The van der Waals surface area contributed by atoms with Gasteiger partial charge in [0, 0.05) is 53.9 Å². The molecule has 1 fully saturated rings. The topological polar surface area (TPSA) is 92.4 Å². The van der Waals surface area contributed by atoms with Crippen molar-refractivity contribution in [1.82, 2.24) is 4.98 Å². The Labute approximate surface area is 209 Å². The van der Waals surface area contributed by atoms with Gasteiger partial charge < -0.3 is 30.9 Å². The number of amides is 1. The van der Waals surface area contributed by atoms with Crippen molar-refractivity contribution in [3.8, 4) is 0 Å². The molecule has 0 unspecified atom stereocenters. The standard InChI is InChI=1S/C28H28FN5O2/c29-26-17-23(33-28(36)19-11-14-30-18-19)7-10-27(26)32-22-3-1-20(2-4-22)31-21-5-8-24(9-6-21)34-15-12-25(35)13-16-34/h1-11,14,17-18,25,30-32,35H,12-13,15-16H2,(H,33,36). The number of piperidine rings is 1. The van der Waals surface area contributed by atoms with Crippen LogP contribution in [0.5, 0.6) is 0 Å². The molecule has 184 valence electrons. The van der Waals surface area contributed by atoms with Crippen LogP contribution in [0.25, 0.3) is 0 Å². The zero-order chi connectivity index (χ0) is 24.9. The second-order valence-electron chi connectivity index (χ2n) is 8.84. The molecule has 1 aromatic heterocycles. The number of aromatic nitrogens is 1. The Balaban J connectivity index is 1.17. The normalized spacial score (nSPS) is 13.9. The van der Waals surface area contributed by atoms with Gasteiger partial charge in [-0.3, -0.25) is 4.79 Å². The first kappa shape index (κ1) is 23.4. The van der Waals surface area contributed by atoms with Crippen molar-refractivity contribution < 1.29 is 14.3 Å². The molecule has 1 aliphatic heterocycles. The van der Waals surface area contributed by atoms with Crippen LogP contribution in [0, 0.1) is 5.82 Å². The predicted octanol–water partition coefficient (Wildman–Crippen LogP) is 5.85. The van der Waals surface area contributed by atoms with E-state index in [2.05, 4.69) is 38.0 Å². The van der Waals surface area contributed by atoms with Gasteiger partial charge in [0.2, 0.25) is 0 Å². The molecule has 5 rings (SSSR count). The summed E-state index contributed by atoms with van der Waals surface area (Å²) in [4.78, 5) is 17.2. The predicted molar refractivity (Wildman–Crippen MR) is 142 cm³/mol. The van der Waals surface area contributed by atoms with Crippen molar-refractivity contribution in [2.24, 2.45) is 0 Å². The number of nitrogens with one attached hydrogen (secondary N) is 4. The SMILES string of the molecule is O=C(Nc1ccc(Nc2ccc(Nc3ccc(N4CCC(O)CC4)cc3)cc2)c(F)c1)c1cc[nH]c1. The molecule has 4 aromatic rings. The van der Waals surface area contributed by atoms with E-state index >= 15 is 0 Å². The van der Waals surface area contributed by atoms with Crippen molar-refractivity contribution in [1.29, 1.82) is 0 Å². The smallest absolute Gasteiger partial charge is 0.257 e. The number of H-pyrrole nitrogens is 1. The van der Waals surface area contributed by atoms with Crippen molar-refractivity contribution in [3.05, 3.63) is 96.6 Å². The first-order valence-electron chi connectivity index (χ1n) is 11.9. The van der Waals surface area contributed by atoms with E-state index in [4.69, 9.17) is 0 Å². The first-order chi connectivity index (χ1) is 17.5. The molecule has 1 aliphatic rings. The lowest BCUT2D eigenvalue weighted by Gasteiger charge is -2.31. The Morgan fingerprint density at radius 2 is 1.47 bits per heavy atom. The number of rotatable bonds is 7. The van der Waals surface area contributed by atoms with Crippen LogP contribution < -0.4 is 20.9 Å². The number of aromatic amines is 1. The summed E-state index contributed by atoms with van der Waals surface area (Å²) in [6.07, 6.45) is 4.66. The highest BCUT2D eigenvalue weighted by molar-refractivity contribution is 6.04. The zero-order valence-electron chi connectivity index (χ0n) is 19.7. The van der Waals surface area contributed by atoms with Gasteiger partial charge in [0.25, 0.3) is 5.91 Å². The Kier molecular flexibility index (Phi) is 6.86. The number of hydrogen-bond donors (Lipinski definition) is 5. The molecule has 0 saturated carbocycles. The van der Waals surface area contributed by atoms with E-state index in [0.29, 0.717) is 16.9 Å². The number of benzene rings is 3. The van der Waals surface area contributed by atoms with Crippen molar-refractivity contribution in [2.45, 2.75) is 18.9 Å². The third-order valence-electron chi connectivity index (χ3n) is 6.24. The minimum absolute atomic E-state index is 0.182. The summed E-state index contributed by atoms with van der Waals surface area (Å²) in [5.41, 5.74) is 4.96. The van der Waals surface area contributed by atoms with E-state index in [-0.39, 0.29) is 12.0 Å². The molecular weight excluding hydrogens is 457 g/mol. The average molecular weight is 486 g/mol. The van der Waals surface area contributed by atoms with E-state index < -0.39 is 5.82 Å². The molecule has 2 heterocycles.